The summed E-state index contributed by atoms with van der Waals surface area (Å²) in [5.41, 5.74) is 2.20. The number of nitrogens with zero attached hydrogens (tertiary/aromatic N) is 5. The quantitative estimate of drug-likeness (QED) is 0.668. The van der Waals surface area contributed by atoms with Crippen molar-refractivity contribution in [3.63, 3.8) is 0 Å². The molecule has 0 N–H and O–H groups in total. The Morgan fingerprint density at radius 2 is 2.00 bits per heavy atom. The second-order valence-corrected chi connectivity index (χ2v) is 6.17. The zero-order valence-corrected chi connectivity index (χ0v) is 14.4. The minimum atomic E-state index is 0.644. The highest BCUT2D eigenvalue weighted by Crippen LogP contribution is 2.16. The van der Waals surface area contributed by atoms with E-state index in [1.165, 1.54) is 5.56 Å². The van der Waals surface area contributed by atoms with E-state index < -0.39 is 0 Å². The number of hydrogen-bond donors (Lipinski definition) is 0. The molecule has 0 bridgehead atoms. The summed E-state index contributed by atoms with van der Waals surface area (Å²) >= 11 is 0. The number of benzene rings is 1. The maximum Gasteiger partial charge on any atom is 0.241 e. The van der Waals surface area contributed by atoms with Crippen LogP contribution in [0.15, 0.2) is 41.2 Å². The molecule has 0 fully saturated rings. The van der Waals surface area contributed by atoms with Gasteiger partial charge in [-0.3, -0.25) is 4.90 Å². The molecule has 2 heterocycles. The fourth-order valence-electron chi connectivity index (χ4n) is 2.59. The molecule has 6 nitrogen and oxygen atoms in total. The molecule has 0 saturated carbocycles. The molecule has 0 aliphatic heterocycles. The second kappa shape index (κ2) is 7.40. The Balaban J connectivity index is 1.50. The lowest BCUT2D eigenvalue weighted by Gasteiger charge is -2.13. The molecule has 6 heteroatoms. The Morgan fingerprint density at radius 3 is 2.71 bits per heavy atom. The summed E-state index contributed by atoms with van der Waals surface area (Å²) in [6.07, 6.45) is 5.82. The molecule has 0 aliphatic carbocycles. The van der Waals surface area contributed by atoms with Crippen LogP contribution in [-0.4, -0.2) is 38.2 Å². The monoisotopic (exact) mass is 325 g/mol. The molecular formula is C18H23N5O. The Kier molecular flexibility index (Phi) is 5.05. The van der Waals surface area contributed by atoms with Crippen LogP contribution in [0, 0.1) is 6.92 Å². The van der Waals surface area contributed by atoms with Gasteiger partial charge in [0.05, 0.1) is 6.54 Å². The molecule has 0 radical (unpaired) electrons. The van der Waals surface area contributed by atoms with Crippen LogP contribution in [0.5, 0.6) is 0 Å². The third kappa shape index (κ3) is 4.08. The normalized spacial score (nSPS) is 11.3. The zero-order chi connectivity index (χ0) is 16.9. The van der Waals surface area contributed by atoms with Gasteiger partial charge in [-0.1, -0.05) is 35.0 Å². The lowest BCUT2D eigenvalue weighted by molar-refractivity contribution is 0.264. The lowest BCUT2D eigenvalue weighted by atomic mass is 10.1. The summed E-state index contributed by atoms with van der Waals surface area (Å²) < 4.78 is 7.43. The highest BCUT2D eigenvalue weighted by molar-refractivity contribution is 5.54. The fourth-order valence-corrected chi connectivity index (χ4v) is 2.59. The first-order valence-electron chi connectivity index (χ1n) is 8.16. The summed E-state index contributed by atoms with van der Waals surface area (Å²) in [6, 6.07) is 8.13. The minimum Gasteiger partial charge on any atom is -0.338 e. The van der Waals surface area contributed by atoms with Gasteiger partial charge in [-0.2, -0.15) is 4.98 Å². The first-order chi connectivity index (χ1) is 11.6. The van der Waals surface area contributed by atoms with E-state index in [0.29, 0.717) is 18.3 Å². The van der Waals surface area contributed by atoms with Crippen molar-refractivity contribution in [3.8, 4) is 11.4 Å². The smallest absolute Gasteiger partial charge is 0.241 e. The maximum absolute atomic E-state index is 5.37. The molecule has 0 atom stereocenters. The van der Waals surface area contributed by atoms with Gasteiger partial charge in [0.1, 0.15) is 5.82 Å². The van der Waals surface area contributed by atoms with Gasteiger partial charge in [0.15, 0.2) is 0 Å². The Labute approximate surface area is 142 Å². The average Bonchev–Trinajstić information content (AvgIpc) is 3.18. The topological polar surface area (TPSA) is 60.0 Å². The Morgan fingerprint density at radius 1 is 1.21 bits per heavy atom. The fraction of sp³-hybridized carbons (Fsp3) is 0.389. The summed E-state index contributed by atoms with van der Waals surface area (Å²) in [6.45, 7) is 3.67. The summed E-state index contributed by atoms with van der Waals surface area (Å²) in [5, 5.41) is 4.08. The van der Waals surface area contributed by atoms with Crippen LogP contribution in [0.1, 0.15) is 23.7 Å². The van der Waals surface area contributed by atoms with Crippen LogP contribution >= 0.6 is 0 Å². The maximum atomic E-state index is 5.37. The van der Waals surface area contributed by atoms with E-state index in [0.717, 1.165) is 30.8 Å². The van der Waals surface area contributed by atoms with Crippen LogP contribution in [0.25, 0.3) is 11.4 Å². The molecule has 3 rings (SSSR count). The number of aryl methyl sites for hydroxylation is 3. The summed E-state index contributed by atoms with van der Waals surface area (Å²) in [4.78, 5) is 11.0. The van der Waals surface area contributed by atoms with E-state index >= 15 is 0 Å². The van der Waals surface area contributed by atoms with Crippen molar-refractivity contribution in [2.24, 2.45) is 7.05 Å². The SMILES string of the molecule is Cc1ccc(-c2noc(CN(C)CCCc3nccn3C)n2)cc1. The highest BCUT2D eigenvalue weighted by atomic mass is 16.5. The molecule has 0 saturated heterocycles. The van der Waals surface area contributed by atoms with Crippen LogP contribution in [0.4, 0.5) is 0 Å². The molecule has 0 aliphatic rings. The summed E-state index contributed by atoms with van der Waals surface area (Å²) in [5.74, 6) is 2.40. The van der Waals surface area contributed by atoms with Crippen molar-refractivity contribution in [3.05, 3.63) is 53.9 Å². The molecule has 0 spiro atoms. The van der Waals surface area contributed by atoms with Crippen molar-refractivity contribution >= 4 is 0 Å². The highest BCUT2D eigenvalue weighted by Gasteiger charge is 2.11. The van der Waals surface area contributed by atoms with Gasteiger partial charge in [-0.15, -0.1) is 0 Å². The van der Waals surface area contributed by atoms with Gasteiger partial charge < -0.3 is 9.09 Å². The molecule has 0 unspecified atom stereocenters. The van der Waals surface area contributed by atoms with Gasteiger partial charge in [0, 0.05) is 31.4 Å². The van der Waals surface area contributed by atoms with Crippen LogP contribution in [0.3, 0.4) is 0 Å². The van der Waals surface area contributed by atoms with Crippen molar-refractivity contribution in [2.75, 3.05) is 13.6 Å². The number of aromatic nitrogens is 4. The van der Waals surface area contributed by atoms with E-state index in [2.05, 4.69) is 50.7 Å². The van der Waals surface area contributed by atoms with E-state index in [4.69, 9.17) is 4.52 Å². The van der Waals surface area contributed by atoms with E-state index in [1.54, 1.807) is 0 Å². The molecule has 3 aromatic rings. The summed E-state index contributed by atoms with van der Waals surface area (Å²) in [7, 11) is 4.09. The largest absolute Gasteiger partial charge is 0.338 e. The number of imidazole rings is 1. The standard InChI is InChI=1S/C18H23N5O/c1-14-6-8-15(9-7-14)18-20-17(24-21-18)13-22(2)11-4-5-16-19-10-12-23(16)3/h6-10,12H,4-5,11,13H2,1-3H3. The van der Waals surface area contributed by atoms with Crippen molar-refractivity contribution in [2.45, 2.75) is 26.3 Å². The van der Waals surface area contributed by atoms with Gasteiger partial charge >= 0.3 is 0 Å². The molecule has 24 heavy (non-hydrogen) atoms. The van der Waals surface area contributed by atoms with E-state index in [9.17, 15) is 0 Å². The van der Waals surface area contributed by atoms with Gasteiger partial charge in [0.2, 0.25) is 11.7 Å². The van der Waals surface area contributed by atoms with E-state index in [1.807, 2.05) is 31.6 Å². The second-order valence-electron chi connectivity index (χ2n) is 6.17. The predicted molar refractivity (Wildman–Crippen MR) is 92.3 cm³/mol. The van der Waals surface area contributed by atoms with Crippen molar-refractivity contribution in [1.82, 2.24) is 24.6 Å². The van der Waals surface area contributed by atoms with Crippen molar-refractivity contribution in [1.29, 1.82) is 0 Å². The third-order valence-corrected chi connectivity index (χ3v) is 4.04. The van der Waals surface area contributed by atoms with E-state index in [-0.39, 0.29) is 0 Å². The van der Waals surface area contributed by atoms with Gasteiger partial charge in [-0.25, -0.2) is 4.98 Å². The molecule has 126 valence electrons. The third-order valence-electron chi connectivity index (χ3n) is 4.04. The first kappa shape index (κ1) is 16.4. The number of hydrogen-bond acceptors (Lipinski definition) is 5. The zero-order valence-electron chi connectivity index (χ0n) is 14.4. The van der Waals surface area contributed by atoms with Crippen LogP contribution < -0.4 is 0 Å². The Hall–Kier alpha value is -2.47. The average molecular weight is 325 g/mol. The van der Waals surface area contributed by atoms with Crippen molar-refractivity contribution < 1.29 is 4.52 Å². The molecule has 0 amide bonds. The van der Waals surface area contributed by atoms with Gasteiger partial charge in [0.25, 0.3) is 0 Å². The molecular weight excluding hydrogens is 302 g/mol. The number of rotatable bonds is 7. The first-order valence-corrected chi connectivity index (χ1v) is 8.16. The minimum absolute atomic E-state index is 0.644. The van der Waals surface area contributed by atoms with Crippen LogP contribution in [0.2, 0.25) is 0 Å². The molecule has 1 aromatic carbocycles. The molecule has 2 aromatic heterocycles. The van der Waals surface area contributed by atoms with Crippen LogP contribution in [-0.2, 0) is 20.0 Å². The Bertz CT molecular complexity index is 775. The van der Waals surface area contributed by atoms with Gasteiger partial charge in [-0.05, 0) is 26.9 Å². The predicted octanol–water partition coefficient (Wildman–Crippen LogP) is 2.84. The lowest BCUT2D eigenvalue weighted by Crippen LogP contribution is -2.20.